The van der Waals surface area contributed by atoms with Crippen molar-refractivity contribution in [1.82, 2.24) is 14.5 Å². The van der Waals surface area contributed by atoms with E-state index in [0.29, 0.717) is 17.0 Å². The third-order valence-electron chi connectivity index (χ3n) is 3.95. The molecule has 0 aliphatic carbocycles. The van der Waals surface area contributed by atoms with Gasteiger partial charge in [-0.25, -0.2) is 12.8 Å². The van der Waals surface area contributed by atoms with Crippen molar-refractivity contribution in [1.29, 1.82) is 0 Å². The minimum atomic E-state index is -3.56. The summed E-state index contributed by atoms with van der Waals surface area (Å²) < 4.78 is 41.7. The van der Waals surface area contributed by atoms with Crippen molar-refractivity contribution >= 4 is 27.3 Å². The molecule has 1 saturated heterocycles. The normalized spacial score (nSPS) is 15.3. The molecule has 128 valence electrons. The maximum Gasteiger partial charge on any atom is 0.267 e. The van der Waals surface area contributed by atoms with Gasteiger partial charge in [-0.1, -0.05) is 17.8 Å². The molecule has 1 fully saturated rings. The minimum Gasteiger partial charge on any atom is -0.335 e. The molecule has 9 heteroatoms. The number of hydrogen-bond acceptors (Lipinski definition) is 6. The van der Waals surface area contributed by atoms with Gasteiger partial charge < -0.3 is 4.90 Å². The number of likely N-dealkylation sites (tertiary alicyclic amines) is 1. The van der Waals surface area contributed by atoms with Gasteiger partial charge in [-0.05, 0) is 42.2 Å². The van der Waals surface area contributed by atoms with Crippen LogP contribution in [0.4, 0.5) is 4.39 Å². The second-order valence-corrected chi connectivity index (χ2v) is 8.61. The summed E-state index contributed by atoms with van der Waals surface area (Å²) in [5, 5.41) is 3.29. The highest BCUT2D eigenvalue weighted by Crippen LogP contribution is 2.26. The van der Waals surface area contributed by atoms with Gasteiger partial charge in [0.05, 0.1) is 10.6 Å². The summed E-state index contributed by atoms with van der Waals surface area (Å²) in [4.78, 5) is 14.5. The van der Waals surface area contributed by atoms with Gasteiger partial charge in [0.15, 0.2) is 9.84 Å². The average Bonchev–Trinajstić information content (AvgIpc) is 2.94. The molecule has 1 aliphatic rings. The van der Waals surface area contributed by atoms with Crippen LogP contribution in [0.3, 0.4) is 0 Å². The topological polar surface area (TPSA) is 80.2 Å². The van der Waals surface area contributed by atoms with Gasteiger partial charge in [-0.2, -0.15) is 0 Å². The van der Waals surface area contributed by atoms with Crippen molar-refractivity contribution in [2.24, 2.45) is 0 Å². The van der Waals surface area contributed by atoms with Crippen LogP contribution < -0.4 is 0 Å². The molecule has 0 radical (unpaired) electrons. The third-order valence-corrected chi connectivity index (χ3v) is 6.81. The van der Waals surface area contributed by atoms with Gasteiger partial charge in [0.1, 0.15) is 15.9 Å². The molecule has 0 unspecified atom stereocenters. The van der Waals surface area contributed by atoms with Gasteiger partial charge in [-0.15, -0.1) is 5.10 Å². The van der Waals surface area contributed by atoms with Gasteiger partial charge >= 0.3 is 0 Å². The first-order valence-corrected chi connectivity index (χ1v) is 9.85. The van der Waals surface area contributed by atoms with E-state index in [1.807, 2.05) is 6.92 Å². The molecule has 1 amide bonds. The number of halogens is 1. The van der Waals surface area contributed by atoms with Crippen molar-refractivity contribution in [3.63, 3.8) is 0 Å². The largest absolute Gasteiger partial charge is 0.335 e. The number of benzene rings is 1. The maximum atomic E-state index is 12.9. The second kappa shape index (κ2) is 6.56. The van der Waals surface area contributed by atoms with E-state index >= 15 is 0 Å². The molecule has 3 rings (SSSR count). The number of rotatable bonds is 5. The van der Waals surface area contributed by atoms with E-state index in [9.17, 15) is 17.6 Å². The highest BCUT2D eigenvalue weighted by atomic mass is 32.2. The number of hydrogen-bond donors (Lipinski definition) is 0. The lowest BCUT2D eigenvalue weighted by atomic mass is 10.1. The van der Waals surface area contributed by atoms with Crippen LogP contribution in [0.15, 0.2) is 29.2 Å². The second-order valence-electron chi connectivity index (χ2n) is 5.63. The average molecular weight is 369 g/mol. The van der Waals surface area contributed by atoms with E-state index in [1.165, 1.54) is 17.0 Å². The molecule has 2 aromatic rings. The Bertz CT molecular complexity index is 843. The third kappa shape index (κ3) is 3.05. The van der Waals surface area contributed by atoms with Gasteiger partial charge in [0, 0.05) is 13.1 Å². The molecular weight excluding hydrogens is 353 g/mol. The molecule has 1 aromatic carbocycles. The smallest absolute Gasteiger partial charge is 0.267 e. The zero-order valence-electron chi connectivity index (χ0n) is 13.0. The number of amides is 1. The Morgan fingerprint density at radius 2 is 2.00 bits per heavy atom. The fourth-order valence-electron chi connectivity index (χ4n) is 2.53. The predicted octanol–water partition coefficient (Wildman–Crippen LogP) is 1.93. The van der Waals surface area contributed by atoms with Crippen molar-refractivity contribution in [3.05, 3.63) is 40.7 Å². The number of nitrogens with zero attached hydrogens (tertiary/aromatic N) is 3. The van der Waals surface area contributed by atoms with Crippen LogP contribution in [-0.4, -0.2) is 47.2 Å². The molecule has 1 aromatic heterocycles. The zero-order chi connectivity index (χ0) is 17.3. The Hall–Kier alpha value is -1.87. The molecule has 2 heterocycles. The number of carbonyl (C=O) groups is 1. The van der Waals surface area contributed by atoms with Crippen LogP contribution in [0.5, 0.6) is 0 Å². The Kier molecular flexibility index (Phi) is 4.64. The van der Waals surface area contributed by atoms with E-state index < -0.39 is 20.9 Å². The fourth-order valence-corrected chi connectivity index (χ4v) is 4.86. The summed E-state index contributed by atoms with van der Waals surface area (Å²) in [5.74, 6) is -0.709. The lowest BCUT2D eigenvalue weighted by Crippen LogP contribution is -2.56. The van der Waals surface area contributed by atoms with E-state index in [0.717, 1.165) is 30.1 Å². The predicted molar refractivity (Wildman–Crippen MR) is 87.2 cm³/mol. The van der Waals surface area contributed by atoms with Crippen LogP contribution >= 0.6 is 11.5 Å². The minimum absolute atomic E-state index is 0.0760. The van der Waals surface area contributed by atoms with Crippen molar-refractivity contribution in [2.75, 3.05) is 13.1 Å². The zero-order valence-corrected chi connectivity index (χ0v) is 14.6. The molecule has 0 saturated carbocycles. The highest BCUT2D eigenvalue weighted by molar-refractivity contribution is 7.92. The summed E-state index contributed by atoms with van der Waals surface area (Å²) in [6.45, 7) is 2.24. The summed E-state index contributed by atoms with van der Waals surface area (Å²) in [6.07, 6.45) is 1.52. The molecule has 1 aliphatic heterocycles. The highest BCUT2D eigenvalue weighted by Gasteiger charge is 2.41. The molecule has 0 spiro atoms. The van der Waals surface area contributed by atoms with Crippen LogP contribution in [0.2, 0.25) is 0 Å². The van der Waals surface area contributed by atoms with E-state index in [4.69, 9.17) is 0 Å². The van der Waals surface area contributed by atoms with Crippen LogP contribution in [0, 0.1) is 5.82 Å². The summed E-state index contributed by atoms with van der Waals surface area (Å²) in [7, 11) is -3.56. The SMILES string of the molecule is CCCc1nnsc1C(=O)N1CC(S(=O)(=O)c2ccc(F)cc2)C1. The lowest BCUT2D eigenvalue weighted by Gasteiger charge is -2.38. The fraction of sp³-hybridized carbons (Fsp3) is 0.400. The standard InChI is InChI=1S/C15H16FN3O3S2/c1-2-3-13-14(23-18-17-13)15(20)19-8-12(9-19)24(21,22)11-6-4-10(16)5-7-11/h4-7,12H,2-3,8-9H2,1H3. The Balaban J connectivity index is 1.69. The number of carbonyl (C=O) groups excluding carboxylic acids is 1. The van der Waals surface area contributed by atoms with Crippen molar-refractivity contribution in [2.45, 2.75) is 29.9 Å². The molecule has 0 bridgehead atoms. The molecule has 24 heavy (non-hydrogen) atoms. The van der Waals surface area contributed by atoms with E-state index in [-0.39, 0.29) is 23.9 Å². The molecule has 0 atom stereocenters. The van der Waals surface area contributed by atoms with Crippen LogP contribution in [-0.2, 0) is 16.3 Å². The van der Waals surface area contributed by atoms with Crippen molar-refractivity contribution < 1.29 is 17.6 Å². The summed E-state index contributed by atoms with van der Waals surface area (Å²) in [6, 6.07) is 4.74. The first kappa shape index (κ1) is 17.0. The summed E-state index contributed by atoms with van der Waals surface area (Å²) >= 11 is 1.04. The van der Waals surface area contributed by atoms with Crippen molar-refractivity contribution in [3.8, 4) is 0 Å². The lowest BCUT2D eigenvalue weighted by molar-refractivity contribution is 0.0662. The molecular formula is C15H16FN3O3S2. The molecule has 0 N–H and O–H groups in total. The number of aromatic nitrogens is 2. The maximum absolute atomic E-state index is 12.9. The Labute approximate surface area is 143 Å². The number of aryl methyl sites for hydroxylation is 1. The van der Waals surface area contributed by atoms with E-state index in [1.54, 1.807) is 0 Å². The van der Waals surface area contributed by atoms with E-state index in [2.05, 4.69) is 9.59 Å². The Morgan fingerprint density at radius 3 is 2.62 bits per heavy atom. The summed E-state index contributed by atoms with van der Waals surface area (Å²) in [5.41, 5.74) is 0.664. The van der Waals surface area contributed by atoms with Gasteiger partial charge in [0.25, 0.3) is 5.91 Å². The monoisotopic (exact) mass is 369 g/mol. The van der Waals surface area contributed by atoms with Gasteiger partial charge in [-0.3, -0.25) is 4.79 Å². The number of sulfone groups is 1. The van der Waals surface area contributed by atoms with Gasteiger partial charge in [0.2, 0.25) is 0 Å². The first-order valence-electron chi connectivity index (χ1n) is 7.53. The Morgan fingerprint density at radius 1 is 1.33 bits per heavy atom. The quantitative estimate of drug-likeness (QED) is 0.753. The first-order chi connectivity index (χ1) is 11.4. The van der Waals surface area contributed by atoms with Crippen LogP contribution in [0.25, 0.3) is 0 Å². The van der Waals surface area contributed by atoms with Crippen LogP contribution in [0.1, 0.15) is 28.7 Å². The molecule has 6 nitrogen and oxygen atoms in total.